The molecule has 9 atom stereocenters. The number of likely N-dealkylation sites (tertiary alicyclic amines) is 2. The summed E-state index contributed by atoms with van der Waals surface area (Å²) in [7, 11) is 3.75. The molecule has 7 aliphatic rings. The van der Waals surface area contributed by atoms with Gasteiger partial charge in [0, 0.05) is 117 Å². The molecule has 16 heteroatoms. The van der Waals surface area contributed by atoms with Crippen LogP contribution in [-0.2, 0) is 44.2 Å². The molecule has 1 unspecified atom stereocenters. The largest absolute Gasteiger partial charge is 0.493 e. The van der Waals surface area contributed by atoms with E-state index in [0.717, 1.165) is 235 Å². The van der Waals surface area contributed by atoms with Crippen LogP contribution in [0.2, 0.25) is 0 Å². The maximum absolute atomic E-state index is 13.5. The van der Waals surface area contributed by atoms with Gasteiger partial charge in [-0.3, -0.25) is 9.59 Å². The number of nitrogens with one attached hydrogen (secondary N) is 2. The number of hydrogen-bond acceptors (Lipinski definition) is 13. The van der Waals surface area contributed by atoms with Crippen LogP contribution < -0.4 is 21.1 Å². The molecule has 626 valence electrons. The number of benzene rings is 4. The molecule has 13 rings (SSSR count). The minimum absolute atomic E-state index is 0.0345. The van der Waals surface area contributed by atoms with Gasteiger partial charge in [-0.05, 0) is 150 Å². The van der Waals surface area contributed by atoms with Gasteiger partial charge in [0.1, 0.15) is 23.5 Å². The van der Waals surface area contributed by atoms with Crippen molar-refractivity contribution in [3.05, 3.63) is 137 Å². The van der Waals surface area contributed by atoms with Crippen molar-refractivity contribution in [2.75, 3.05) is 73.1 Å². The van der Waals surface area contributed by atoms with Crippen molar-refractivity contribution >= 4 is 39.8 Å². The molecular formula is C97H148N6O10. The molecule has 2 aromatic heterocycles. The third kappa shape index (κ3) is 25.4. The van der Waals surface area contributed by atoms with E-state index in [4.69, 9.17) is 24.0 Å². The van der Waals surface area contributed by atoms with E-state index in [9.17, 15) is 29.7 Å². The van der Waals surface area contributed by atoms with Crippen molar-refractivity contribution in [2.45, 2.75) is 301 Å². The lowest BCUT2D eigenvalue weighted by Crippen LogP contribution is -2.48. The molecule has 0 radical (unpaired) electrons. The lowest BCUT2D eigenvalue weighted by atomic mass is 9.73. The van der Waals surface area contributed by atoms with Crippen LogP contribution in [0.1, 0.15) is 293 Å². The Labute approximate surface area is 680 Å². The minimum Gasteiger partial charge on any atom is -0.493 e. The predicted molar refractivity (Wildman–Crippen MR) is 458 cm³/mol. The normalized spacial score (nSPS) is 21.3. The summed E-state index contributed by atoms with van der Waals surface area (Å²) < 4.78 is 22.9. The first-order chi connectivity index (χ1) is 55.0. The number of hydrogen-bond donors (Lipinski definition) is 6. The summed E-state index contributed by atoms with van der Waals surface area (Å²) in [5.41, 5.74) is 10.1. The molecule has 6 heterocycles. The zero-order valence-corrected chi connectivity index (χ0v) is 70.6. The van der Waals surface area contributed by atoms with Crippen molar-refractivity contribution in [3.8, 4) is 5.75 Å². The zero-order chi connectivity index (χ0) is 79.8. The molecule has 3 aliphatic carbocycles. The number of carbonyl (C=O) groups excluding carboxylic acids is 3. The standard InChI is InChI=1S/C31H47NO3.C30H48N2O3.C19H27NO2.C17H26N2O2/c1-3-5-8-18-31(34,28-16-9-14-26-17-20-35-30(26)28)27-15-10-19-32(23-27)29(33)22-25(11-4-2)21-24-12-6-7-13-24;1-3-4-7-16-30(34,27-14-8-12-25-15-18-35-29(25)27)26-13-9-17-32(22-26)28(33)20-24(21-31-2)19-23-10-5-6-11-23;1-2-3-4-11-19(21,16-8-6-12-20-14-16)17-9-5-7-15-10-13-22-18(15)17;1-19(12-16(18)11-14-7-5-6-8-14)17(20)21-13-15-9-3-2-4-10-15/h9,14,16-17,20,24-25,27,34H,3-8,10-13,15,18-19,21-23H2,1-2H3;8,12,14,23-24,26,31,34H,3-7,9-11,13,15-22H2,1-2H3;5,7,9-10,13,16,20-21H,2-4,6,8,11-12,14H2,1H3;2-4,9-10,14,16H,5-8,11-13,18H2,1H3/t25-,27-,31+;24-,26-,30+;16?,19-;16-/m1100/s1. The van der Waals surface area contributed by atoms with Crippen LogP contribution in [0.5, 0.6) is 5.75 Å². The smallest absolute Gasteiger partial charge is 0.409 e. The summed E-state index contributed by atoms with van der Waals surface area (Å²) in [5.74, 6) is 5.10. The molecule has 7 N–H and O–H groups in total. The van der Waals surface area contributed by atoms with Crippen LogP contribution in [-0.4, -0.2) is 127 Å². The van der Waals surface area contributed by atoms with Gasteiger partial charge >= 0.3 is 6.09 Å². The number of nitrogens with zero attached hydrogens (tertiary/aromatic N) is 3. The summed E-state index contributed by atoms with van der Waals surface area (Å²) in [6.07, 6.45) is 45.2. The predicted octanol–water partition coefficient (Wildman–Crippen LogP) is 20.6. The number of likely N-dealkylation sites (N-methyl/N-ethyl adjacent to an activating group) is 1. The van der Waals surface area contributed by atoms with Crippen molar-refractivity contribution in [1.29, 1.82) is 0 Å². The molecule has 6 fully saturated rings. The number of nitrogens with two attached hydrogens (primary N) is 1. The zero-order valence-electron chi connectivity index (χ0n) is 70.6. The van der Waals surface area contributed by atoms with Gasteiger partial charge in [0.05, 0.1) is 35.9 Å². The first-order valence-electron chi connectivity index (χ1n) is 45.4. The quantitative estimate of drug-likeness (QED) is 0.0202. The third-order valence-corrected chi connectivity index (χ3v) is 27.0. The van der Waals surface area contributed by atoms with E-state index >= 15 is 0 Å². The van der Waals surface area contributed by atoms with Gasteiger partial charge in [0.15, 0.2) is 0 Å². The monoisotopic (exact) mass is 1560 g/mol. The van der Waals surface area contributed by atoms with Crippen molar-refractivity contribution in [3.63, 3.8) is 0 Å². The van der Waals surface area contributed by atoms with E-state index in [-0.39, 0.29) is 35.8 Å². The molecule has 16 nitrogen and oxygen atoms in total. The van der Waals surface area contributed by atoms with Gasteiger partial charge in [-0.25, -0.2) is 4.79 Å². The Bertz CT molecular complexity index is 3720. The van der Waals surface area contributed by atoms with Crippen LogP contribution in [0.25, 0.3) is 21.9 Å². The minimum atomic E-state index is -0.974. The Morgan fingerprint density at radius 3 is 1.57 bits per heavy atom. The molecule has 0 bridgehead atoms. The number of para-hydroxylation sites is 3. The first-order valence-corrected chi connectivity index (χ1v) is 45.4. The van der Waals surface area contributed by atoms with Gasteiger partial charge in [-0.15, -0.1) is 0 Å². The number of piperidine rings is 3. The molecule has 3 saturated carbocycles. The van der Waals surface area contributed by atoms with Crippen LogP contribution in [0.4, 0.5) is 4.79 Å². The number of ether oxygens (including phenoxy) is 2. The molecule has 4 aliphatic heterocycles. The maximum Gasteiger partial charge on any atom is 0.409 e. The summed E-state index contributed by atoms with van der Waals surface area (Å²) in [6, 6.07) is 32.2. The summed E-state index contributed by atoms with van der Waals surface area (Å²) >= 11 is 0. The second-order valence-corrected chi connectivity index (χ2v) is 35.6. The third-order valence-electron chi connectivity index (χ3n) is 27.0. The fourth-order valence-corrected chi connectivity index (χ4v) is 20.7. The molecule has 3 amide bonds. The molecule has 6 aromatic rings. The molecular weight excluding hydrogens is 1410 g/mol. The Kier molecular flexibility index (Phi) is 36.3. The lowest BCUT2D eigenvalue weighted by Gasteiger charge is -2.43. The van der Waals surface area contributed by atoms with Crippen LogP contribution >= 0.6 is 0 Å². The molecule has 4 aromatic carbocycles. The van der Waals surface area contributed by atoms with Crippen LogP contribution in [0, 0.1) is 47.3 Å². The summed E-state index contributed by atoms with van der Waals surface area (Å²) in [6.45, 7) is 16.2. The first kappa shape index (κ1) is 89.1. The average molecular weight is 1560 g/mol. The fraction of sp³-hybridized carbons (Fsp3) is 0.680. The van der Waals surface area contributed by atoms with E-state index in [1.807, 2.05) is 85.9 Å². The van der Waals surface area contributed by atoms with Crippen LogP contribution in [0.3, 0.4) is 0 Å². The highest BCUT2D eigenvalue weighted by Gasteiger charge is 2.46. The summed E-state index contributed by atoms with van der Waals surface area (Å²) in [4.78, 5) is 44.7. The SMILES string of the molecule is CCCCC[C@@](O)(c1cccc2c1OCC2)[C@@H]1CCCN(C(=O)C[C@H](CNC)CC2CCCC2)C1.CCCCC[C@@](O)(c1cccc2ccoc12)C1CCCNC1.CCCCC[C@@](O)(c1cccc2ccoc12)[C@@H]1CCCN(C(=O)C[C@H](CCC)CC2CCCC2)C1.CN(C[C@@H](N)CC1CCCC1)C(=O)OCc1ccccc1. The number of aliphatic hydroxyl groups is 3. The molecule has 3 saturated heterocycles. The van der Waals surface area contributed by atoms with Gasteiger partial charge in [-0.1, -0.05) is 260 Å². The van der Waals surface area contributed by atoms with E-state index < -0.39 is 16.8 Å². The van der Waals surface area contributed by atoms with Crippen molar-refractivity contribution in [1.82, 2.24) is 25.3 Å². The van der Waals surface area contributed by atoms with Crippen LogP contribution in [0.15, 0.2) is 118 Å². The number of carbonyl (C=O) groups is 3. The van der Waals surface area contributed by atoms with Gasteiger partial charge < -0.3 is 64.7 Å². The Hall–Kier alpha value is -6.27. The summed E-state index contributed by atoms with van der Waals surface area (Å²) in [5, 5.41) is 45.2. The second-order valence-electron chi connectivity index (χ2n) is 35.6. The maximum atomic E-state index is 13.5. The van der Waals surface area contributed by atoms with Gasteiger partial charge in [-0.2, -0.15) is 0 Å². The average Bonchev–Trinajstić information content (AvgIpc) is 1.77. The molecule has 113 heavy (non-hydrogen) atoms. The highest BCUT2D eigenvalue weighted by Crippen LogP contribution is 2.48. The Morgan fingerprint density at radius 2 is 1.05 bits per heavy atom. The fourth-order valence-electron chi connectivity index (χ4n) is 20.7. The van der Waals surface area contributed by atoms with E-state index in [1.165, 1.54) is 95.5 Å². The van der Waals surface area contributed by atoms with Crippen molar-refractivity contribution in [2.24, 2.45) is 53.1 Å². The van der Waals surface area contributed by atoms with E-state index in [1.54, 1.807) is 24.5 Å². The molecule has 0 spiro atoms. The second kappa shape index (κ2) is 46.0. The topological polar surface area (TPSA) is 216 Å². The van der Waals surface area contributed by atoms with Gasteiger partial charge in [0.25, 0.3) is 0 Å². The number of fused-ring (bicyclic) bond motifs is 3. The Balaban J connectivity index is 0.000000164. The number of furan rings is 2. The lowest BCUT2D eigenvalue weighted by molar-refractivity contribution is -0.138. The Morgan fingerprint density at radius 1 is 0.566 bits per heavy atom. The van der Waals surface area contributed by atoms with Crippen molar-refractivity contribution < 1.29 is 48.0 Å². The number of amides is 3. The van der Waals surface area contributed by atoms with E-state index in [0.29, 0.717) is 69.9 Å². The number of rotatable bonds is 36. The van der Waals surface area contributed by atoms with E-state index in [2.05, 4.69) is 66.3 Å². The number of unbranched alkanes of at least 4 members (excludes halogenated alkanes) is 6. The van der Waals surface area contributed by atoms with Gasteiger partial charge in [0.2, 0.25) is 11.8 Å². The highest BCUT2D eigenvalue weighted by molar-refractivity contribution is 5.82. The highest BCUT2D eigenvalue weighted by atomic mass is 16.6.